The van der Waals surface area contributed by atoms with Crippen molar-refractivity contribution in [3.8, 4) is 0 Å². The van der Waals surface area contributed by atoms with Gasteiger partial charge in [-0.2, -0.15) is 0 Å². The van der Waals surface area contributed by atoms with Crippen LogP contribution in [0.25, 0.3) is 0 Å². The molecular weight excluding hydrogens is 280 g/mol. The van der Waals surface area contributed by atoms with Gasteiger partial charge in [-0.05, 0) is 31.4 Å². The third-order valence-corrected chi connectivity index (χ3v) is 4.34. The van der Waals surface area contributed by atoms with Gasteiger partial charge in [0.1, 0.15) is 10.6 Å². The summed E-state index contributed by atoms with van der Waals surface area (Å²) < 4.78 is 23.3. The van der Waals surface area contributed by atoms with E-state index in [1.807, 2.05) is 6.08 Å². The van der Waals surface area contributed by atoms with Crippen molar-refractivity contribution in [1.82, 2.24) is 0 Å². The van der Waals surface area contributed by atoms with Crippen LogP contribution in [0.15, 0.2) is 35.2 Å². The zero-order valence-electron chi connectivity index (χ0n) is 11.1. The summed E-state index contributed by atoms with van der Waals surface area (Å²) >= 11 is 0. The molecule has 1 N–H and O–H groups in total. The maximum Gasteiger partial charge on any atom is 0.310 e. The van der Waals surface area contributed by atoms with Gasteiger partial charge in [0.2, 0.25) is 0 Å². The molecule has 1 aliphatic rings. The van der Waals surface area contributed by atoms with Crippen molar-refractivity contribution in [2.75, 3.05) is 11.6 Å². The summed E-state index contributed by atoms with van der Waals surface area (Å²) in [5.74, 6) is 0. The standard InChI is InChI=1S/C13H16N2O4S/c1-20(18,19)12-9-5-8-11(13(12)15(16)17)14-10-6-3-2-4-7-10/h2-3,5,8-10,14H,4,6-7H2,1H3. The predicted molar refractivity (Wildman–Crippen MR) is 76.6 cm³/mol. The van der Waals surface area contributed by atoms with Gasteiger partial charge in [0.15, 0.2) is 9.84 Å². The van der Waals surface area contributed by atoms with Gasteiger partial charge in [-0.25, -0.2) is 8.42 Å². The molecule has 6 nitrogen and oxygen atoms in total. The molecule has 1 aromatic carbocycles. The highest BCUT2D eigenvalue weighted by molar-refractivity contribution is 7.90. The van der Waals surface area contributed by atoms with Crippen LogP contribution in [0.1, 0.15) is 19.3 Å². The maximum absolute atomic E-state index is 11.7. The monoisotopic (exact) mass is 296 g/mol. The largest absolute Gasteiger partial charge is 0.376 e. The number of hydrogen-bond acceptors (Lipinski definition) is 5. The van der Waals surface area contributed by atoms with Crippen molar-refractivity contribution in [3.05, 3.63) is 40.5 Å². The van der Waals surface area contributed by atoms with Crippen molar-refractivity contribution in [3.63, 3.8) is 0 Å². The Bertz CT molecular complexity index is 652. The van der Waals surface area contributed by atoms with Crippen LogP contribution < -0.4 is 5.32 Å². The third kappa shape index (κ3) is 3.16. The molecule has 0 aliphatic heterocycles. The maximum atomic E-state index is 11.7. The number of benzene rings is 1. The lowest BCUT2D eigenvalue weighted by molar-refractivity contribution is -0.386. The number of allylic oxidation sites excluding steroid dienone is 1. The van der Waals surface area contributed by atoms with Crippen LogP contribution in [0.5, 0.6) is 0 Å². The SMILES string of the molecule is CS(=O)(=O)c1cccc(NC2CC=CCC2)c1[N+](=O)[O-]. The number of hydrogen-bond donors (Lipinski definition) is 1. The highest BCUT2D eigenvalue weighted by Crippen LogP contribution is 2.33. The molecule has 0 amide bonds. The Morgan fingerprint density at radius 2 is 2.10 bits per heavy atom. The highest BCUT2D eigenvalue weighted by atomic mass is 32.2. The van der Waals surface area contributed by atoms with Gasteiger partial charge in [0, 0.05) is 12.3 Å². The van der Waals surface area contributed by atoms with Gasteiger partial charge in [-0.15, -0.1) is 0 Å². The molecule has 1 unspecified atom stereocenters. The molecule has 1 atom stereocenters. The molecule has 20 heavy (non-hydrogen) atoms. The first kappa shape index (κ1) is 14.5. The number of sulfone groups is 1. The van der Waals surface area contributed by atoms with E-state index in [4.69, 9.17) is 0 Å². The van der Waals surface area contributed by atoms with E-state index in [2.05, 4.69) is 11.4 Å². The molecule has 1 aliphatic carbocycles. The van der Waals surface area contributed by atoms with E-state index in [9.17, 15) is 18.5 Å². The summed E-state index contributed by atoms with van der Waals surface area (Å²) in [6.07, 6.45) is 7.63. The van der Waals surface area contributed by atoms with Crippen molar-refractivity contribution in [1.29, 1.82) is 0 Å². The minimum Gasteiger partial charge on any atom is -0.376 e. The smallest absolute Gasteiger partial charge is 0.310 e. The number of nitrogens with zero attached hydrogens (tertiary/aromatic N) is 1. The molecule has 0 spiro atoms. The number of nitro groups is 1. The highest BCUT2D eigenvalue weighted by Gasteiger charge is 2.27. The average molecular weight is 296 g/mol. The zero-order chi connectivity index (χ0) is 14.8. The molecule has 0 aromatic heterocycles. The second kappa shape index (κ2) is 5.62. The quantitative estimate of drug-likeness (QED) is 0.524. The number of para-hydroxylation sites is 1. The molecule has 0 saturated heterocycles. The summed E-state index contributed by atoms with van der Waals surface area (Å²) in [6, 6.07) is 4.42. The lowest BCUT2D eigenvalue weighted by Gasteiger charge is -2.20. The zero-order valence-corrected chi connectivity index (χ0v) is 11.9. The topological polar surface area (TPSA) is 89.3 Å². The van der Waals surface area contributed by atoms with Gasteiger partial charge in [-0.1, -0.05) is 18.2 Å². The van der Waals surface area contributed by atoms with Crippen LogP contribution in [0.4, 0.5) is 11.4 Å². The number of anilines is 1. The lowest BCUT2D eigenvalue weighted by Crippen LogP contribution is -2.21. The molecule has 2 rings (SSSR count). The van der Waals surface area contributed by atoms with Crippen LogP contribution in [-0.4, -0.2) is 25.6 Å². The van der Waals surface area contributed by atoms with Gasteiger partial charge >= 0.3 is 5.69 Å². The number of nitrogens with one attached hydrogen (secondary N) is 1. The summed E-state index contributed by atoms with van der Waals surface area (Å²) in [4.78, 5) is 10.3. The Labute approximate surface area is 117 Å². The second-order valence-electron chi connectivity index (χ2n) is 4.81. The Hall–Kier alpha value is -1.89. The van der Waals surface area contributed by atoms with Crippen molar-refractivity contribution in [2.24, 2.45) is 0 Å². The van der Waals surface area contributed by atoms with Gasteiger partial charge < -0.3 is 5.32 Å². The summed E-state index contributed by atoms with van der Waals surface area (Å²) in [5, 5.41) is 14.3. The molecule has 0 bridgehead atoms. The first-order valence-corrected chi connectivity index (χ1v) is 8.17. The minimum absolute atomic E-state index is 0.0912. The van der Waals surface area contributed by atoms with E-state index >= 15 is 0 Å². The van der Waals surface area contributed by atoms with Crippen molar-refractivity contribution in [2.45, 2.75) is 30.2 Å². The van der Waals surface area contributed by atoms with Crippen LogP contribution >= 0.6 is 0 Å². The van der Waals surface area contributed by atoms with Crippen LogP contribution in [0.2, 0.25) is 0 Å². The first-order chi connectivity index (χ1) is 9.39. The summed E-state index contributed by atoms with van der Waals surface area (Å²) in [7, 11) is -3.64. The molecule has 0 fully saturated rings. The molecule has 108 valence electrons. The molecule has 7 heteroatoms. The predicted octanol–water partition coefficient (Wildman–Crippen LogP) is 2.52. The van der Waals surface area contributed by atoms with Gasteiger partial charge in [0.05, 0.1) is 4.92 Å². The third-order valence-electron chi connectivity index (χ3n) is 3.21. The van der Waals surface area contributed by atoms with E-state index in [0.717, 1.165) is 25.5 Å². The molecular formula is C13H16N2O4S. The average Bonchev–Trinajstić information content (AvgIpc) is 2.38. The Morgan fingerprint density at radius 1 is 1.35 bits per heavy atom. The van der Waals surface area contributed by atoms with Crippen LogP contribution in [0, 0.1) is 10.1 Å². The normalized spacial score (nSPS) is 18.8. The summed E-state index contributed by atoms with van der Waals surface area (Å²) in [5.41, 5.74) is -0.109. The molecule has 0 radical (unpaired) electrons. The second-order valence-corrected chi connectivity index (χ2v) is 6.79. The van der Waals surface area contributed by atoms with Crippen molar-refractivity contribution < 1.29 is 13.3 Å². The van der Waals surface area contributed by atoms with E-state index in [1.54, 1.807) is 6.07 Å². The molecule has 0 saturated carbocycles. The minimum atomic E-state index is -3.64. The summed E-state index contributed by atoms with van der Waals surface area (Å²) in [6.45, 7) is 0. The Morgan fingerprint density at radius 3 is 2.65 bits per heavy atom. The van der Waals surface area contributed by atoms with Crippen LogP contribution in [-0.2, 0) is 9.84 Å². The fourth-order valence-electron chi connectivity index (χ4n) is 2.27. The fourth-order valence-corrected chi connectivity index (χ4v) is 3.13. The lowest BCUT2D eigenvalue weighted by atomic mass is 10.0. The van der Waals surface area contributed by atoms with Gasteiger partial charge in [0.25, 0.3) is 0 Å². The Kier molecular flexibility index (Phi) is 4.08. The molecule has 0 heterocycles. The number of nitro benzene ring substituents is 1. The van der Waals surface area contributed by atoms with Gasteiger partial charge in [-0.3, -0.25) is 10.1 Å². The van der Waals surface area contributed by atoms with E-state index in [1.165, 1.54) is 12.1 Å². The van der Waals surface area contributed by atoms with E-state index in [-0.39, 0.29) is 22.3 Å². The van der Waals surface area contributed by atoms with Crippen LogP contribution in [0.3, 0.4) is 0 Å². The number of rotatable bonds is 4. The fraction of sp³-hybridized carbons (Fsp3) is 0.385. The van der Waals surface area contributed by atoms with E-state index in [0.29, 0.717) is 0 Å². The Balaban J connectivity index is 2.42. The van der Waals surface area contributed by atoms with Crippen molar-refractivity contribution >= 4 is 21.2 Å². The first-order valence-electron chi connectivity index (χ1n) is 6.28. The molecule has 1 aromatic rings. The van der Waals surface area contributed by atoms with E-state index < -0.39 is 14.8 Å².